The Morgan fingerprint density at radius 2 is 0.904 bits per heavy atom. The lowest BCUT2D eigenvalue weighted by atomic mass is 9.98. The Balaban J connectivity index is 2.42. The number of nitrogens with one attached hydrogen (secondary N) is 5. The van der Waals surface area contributed by atoms with E-state index in [1.54, 1.807) is 67.5 Å². The van der Waals surface area contributed by atoms with E-state index in [-0.39, 0.29) is 36.5 Å². The van der Waals surface area contributed by atoms with Crippen LogP contribution in [0.3, 0.4) is 0 Å². The number of amides is 6. The molecule has 0 radical (unpaired) electrons. The second-order valence-corrected chi connectivity index (χ2v) is 14.7. The van der Waals surface area contributed by atoms with Crippen LogP contribution < -0.4 is 38.1 Å². The van der Waals surface area contributed by atoms with Crippen LogP contribution in [0.4, 0.5) is 0 Å². The van der Waals surface area contributed by atoms with Crippen molar-refractivity contribution in [3.63, 3.8) is 0 Å². The molecule has 0 aliphatic heterocycles. The first-order valence-electron chi connectivity index (χ1n) is 18.1. The maximum atomic E-state index is 14.1. The first-order valence-corrected chi connectivity index (χ1v) is 18.1. The maximum Gasteiger partial charge on any atom is 0.243 e. The van der Waals surface area contributed by atoms with Crippen LogP contribution in [0.1, 0.15) is 72.9 Å². The molecule has 13 heteroatoms. The predicted octanol–water partition coefficient (Wildman–Crippen LogP) is 1.72. The van der Waals surface area contributed by atoms with E-state index < -0.39 is 71.7 Å². The van der Waals surface area contributed by atoms with Gasteiger partial charge in [0, 0.05) is 6.42 Å². The number of hydrogen-bond acceptors (Lipinski definition) is 7. The molecule has 2 aromatic rings. The van der Waals surface area contributed by atoms with Gasteiger partial charge in [0.15, 0.2) is 0 Å². The van der Waals surface area contributed by atoms with E-state index >= 15 is 0 Å². The summed E-state index contributed by atoms with van der Waals surface area (Å²) < 4.78 is 0. The Hall–Kier alpha value is -4.78. The number of rotatable bonds is 20. The number of hydrogen-bond donors (Lipinski definition) is 7. The van der Waals surface area contributed by atoms with Gasteiger partial charge < -0.3 is 38.1 Å². The van der Waals surface area contributed by atoms with Crippen LogP contribution in [-0.2, 0) is 41.6 Å². The van der Waals surface area contributed by atoms with Crippen molar-refractivity contribution < 1.29 is 28.8 Å². The average molecular weight is 722 g/mol. The topological polar surface area (TPSA) is 215 Å². The summed E-state index contributed by atoms with van der Waals surface area (Å²) >= 11 is 0. The van der Waals surface area contributed by atoms with Crippen molar-refractivity contribution in [2.45, 2.75) is 111 Å². The van der Waals surface area contributed by atoms with Gasteiger partial charge >= 0.3 is 0 Å². The van der Waals surface area contributed by atoms with E-state index in [4.69, 9.17) is 11.5 Å². The maximum absolute atomic E-state index is 14.1. The van der Waals surface area contributed by atoms with Crippen molar-refractivity contribution >= 4 is 35.4 Å². The van der Waals surface area contributed by atoms with Crippen molar-refractivity contribution in [3.8, 4) is 0 Å². The number of benzene rings is 2. The molecule has 0 heterocycles. The van der Waals surface area contributed by atoms with Gasteiger partial charge in [0.1, 0.15) is 30.2 Å². The van der Waals surface area contributed by atoms with Crippen molar-refractivity contribution in [2.75, 3.05) is 0 Å². The number of carbonyl (C=O) groups is 6. The third-order valence-electron chi connectivity index (χ3n) is 8.90. The van der Waals surface area contributed by atoms with Crippen LogP contribution in [-0.4, -0.2) is 71.7 Å². The van der Waals surface area contributed by atoms with E-state index in [1.807, 2.05) is 48.5 Å². The summed E-state index contributed by atoms with van der Waals surface area (Å²) in [4.78, 5) is 80.0. The molecule has 0 aliphatic rings. The van der Waals surface area contributed by atoms with E-state index in [9.17, 15) is 28.8 Å². The monoisotopic (exact) mass is 721 g/mol. The molecule has 0 aromatic heterocycles. The highest BCUT2D eigenvalue weighted by Gasteiger charge is 2.35. The van der Waals surface area contributed by atoms with Gasteiger partial charge in [-0.05, 0) is 47.6 Å². The molecular weight excluding hydrogens is 662 g/mol. The van der Waals surface area contributed by atoms with E-state index in [2.05, 4.69) is 26.6 Å². The lowest BCUT2D eigenvalue weighted by Crippen LogP contribution is -2.61. The van der Waals surface area contributed by atoms with Gasteiger partial charge in [-0.3, -0.25) is 28.8 Å². The molecule has 0 unspecified atom stereocenters. The van der Waals surface area contributed by atoms with E-state index in [0.29, 0.717) is 6.42 Å². The highest BCUT2D eigenvalue weighted by Crippen LogP contribution is 2.12. The van der Waals surface area contributed by atoms with E-state index in [1.165, 1.54) is 0 Å². The number of primary amides is 1. The van der Waals surface area contributed by atoms with Gasteiger partial charge in [-0.2, -0.15) is 0 Å². The van der Waals surface area contributed by atoms with Crippen molar-refractivity contribution in [3.05, 3.63) is 71.8 Å². The van der Waals surface area contributed by atoms with Gasteiger partial charge in [-0.1, -0.05) is 116 Å². The van der Waals surface area contributed by atoms with Crippen LogP contribution in [0, 0.1) is 23.7 Å². The molecule has 0 saturated heterocycles. The normalized spacial score (nSPS) is 14.9. The van der Waals surface area contributed by atoms with Gasteiger partial charge in [0.2, 0.25) is 35.4 Å². The average Bonchev–Trinajstić information content (AvgIpc) is 3.09. The largest absolute Gasteiger partial charge is 0.368 e. The number of carbonyl (C=O) groups excluding carboxylic acids is 6. The minimum absolute atomic E-state index is 0.0812. The number of aryl methyl sites for hydroxylation is 1. The Bertz CT molecular complexity index is 1480. The van der Waals surface area contributed by atoms with Crippen LogP contribution >= 0.6 is 0 Å². The molecule has 0 spiro atoms. The third kappa shape index (κ3) is 13.7. The summed E-state index contributed by atoms with van der Waals surface area (Å²) in [6, 6.07) is 12.5. The zero-order chi connectivity index (χ0) is 39.1. The van der Waals surface area contributed by atoms with Crippen LogP contribution in [0.2, 0.25) is 0 Å². The fraction of sp³-hybridized carbons (Fsp3) is 0.538. The van der Waals surface area contributed by atoms with Gasteiger partial charge in [-0.25, -0.2) is 0 Å². The molecule has 0 bridgehead atoms. The van der Waals surface area contributed by atoms with Gasteiger partial charge in [0.05, 0.1) is 6.04 Å². The molecule has 0 saturated carbocycles. The molecule has 0 fully saturated rings. The molecule has 6 atom stereocenters. The molecule has 2 aromatic carbocycles. The van der Waals surface area contributed by atoms with E-state index in [0.717, 1.165) is 11.1 Å². The number of nitrogens with two attached hydrogens (primary N) is 2. The minimum atomic E-state index is -1.15. The molecule has 6 amide bonds. The van der Waals surface area contributed by atoms with Gasteiger partial charge in [-0.15, -0.1) is 0 Å². The second kappa shape index (κ2) is 20.9. The Morgan fingerprint density at radius 3 is 1.37 bits per heavy atom. The lowest BCUT2D eigenvalue weighted by molar-refractivity contribution is -0.136. The predicted molar refractivity (Wildman–Crippen MR) is 201 cm³/mol. The van der Waals surface area contributed by atoms with Gasteiger partial charge in [0.25, 0.3) is 0 Å². The van der Waals surface area contributed by atoms with Crippen molar-refractivity contribution in [2.24, 2.45) is 35.1 Å². The summed E-state index contributed by atoms with van der Waals surface area (Å²) in [7, 11) is 0. The fourth-order valence-corrected chi connectivity index (χ4v) is 5.50. The Morgan fingerprint density at radius 1 is 0.500 bits per heavy atom. The summed E-state index contributed by atoms with van der Waals surface area (Å²) in [6.45, 7) is 14.1. The minimum Gasteiger partial charge on any atom is -0.368 e. The van der Waals surface area contributed by atoms with Crippen LogP contribution in [0.25, 0.3) is 0 Å². The molecule has 13 nitrogen and oxygen atoms in total. The zero-order valence-electron chi connectivity index (χ0n) is 31.8. The van der Waals surface area contributed by atoms with Crippen LogP contribution in [0.5, 0.6) is 0 Å². The first kappa shape index (κ1) is 43.4. The first-order chi connectivity index (χ1) is 24.4. The second-order valence-electron chi connectivity index (χ2n) is 14.7. The highest BCUT2D eigenvalue weighted by molar-refractivity contribution is 5.96. The summed E-state index contributed by atoms with van der Waals surface area (Å²) in [5, 5.41) is 13.8. The van der Waals surface area contributed by atoms with Crippen LogP contribution in [0.15, 0.2) is 60.7 Å². The molecule has 0 aliphatic carbocycles. The Kier molecular flexibility index (Phi) is 17.5. The molecular formula is C39H59N7O6. The molecule has 52 heavy (non-hydrogen) atoms. The standard InChI is InChI=1S/C39H59N7O6/c1-22(2)30(40)37(50)46-32(24(5)6)38(51)42-28(20-19-26-15-11-9-12-16-26)35(48)43-29(21-27-17-13-10-14-18-27)36(49)45-33(25(7)8)39(52)44-31(23(3)4)34(41)47/h9-18,22-25,28-33H,19-21,40H2,1-8H3,(H2,41,47)(H,42,51)(H,43,48)(H,44,52)(H,45,49)(H,46,50)/t28-,29-,30-,31-,32-,33-/m0/s1. The zero-order valence-corrected chi connectivity index (χ0v) is 31.8. The summed E-state index contributed by atoms with van der Waals surface area (Å²) in [6.07, 6.45) is 0.697. The van der Waals surface area contributed by atoms with Crippen molar-refractivity contribution in [1.29, 1.82) is 0 Å². The fourth-order valence-electron chi connectivity index (χ4n) is 5.50. The van der Waals surface area contributed by atoms with Crippen molar-refractivity contribution in [1.82, 2.24) is 26.6 Å². The molecule has 286 valence electrons. The summed E-state index contributed by atoms with van der Waals surface area (Å²) in [5.74, 6) is -4.74. The molecule has 9 N–H and O–H groups in total. The quantitative estimate of drug-likeness (QED) is 0.107. The lowest BCUT2D eigenvalue weighted by Gasteiger charge is -2.29. The smallest absolute Gasteiger partial charge is 0.243 e. The summed E-state index contributed by atoms with van der Waals surface area (Å²) in [5.41, 5.74) is 13.2. The Labute approximate surface area is 308 Å². The SMILES string of the molecule is CC(C)[C@H](N)C(=O)N[C@H](C(=O)N[C@@H](CCc1ccccc1)C(=O)N[C@@H](Cc1ccccc1)C(=O)N[C@H](C(=O)N[C@H](C(N)=O)C(C)C)C(C)C)C(C)C. The highest BCUT2D eigenvalue weighted by atomic mass is 16.2. The molecule has 2 rings (SSSR count). The third-order valence-corrected chi connectivity index (χ3v) is 8.90.